The first-order valence-corrected chi connectivity index (χ1v) is 12.4. The molecule has 1 unspecified atom stereocenters. The molecule has 0 saturated carbocycles. The fourth-order valence-corrected chi connectivity index (χ4v) is 4.81. The van der Waals surface area contributed by atoms with Gasteiger partial charge >= 0.3 is 0 Å². The zero-order valence-electron chi connectivity index (χ0n) is 20.0. The van der Waals surface area contributed by atoms with Crippen LogP contribution in [0.3, 0.4) is 0 Å². The standard InChI is InChI=1S/C26H51NO/c1-23-24(26(2,3)21-20-25(23)28)19-17-15-13-11-9-7-6-8-10-12-14-16-18-22-27(4)5/h25,28H,6-22H2,1-5H3. The van der Waals surface area contributed by atoms with Gasteiger partial charge in [0.1, 0.15) is 0 Å². The molecule has 1 N–H and O–H groups in total. The molecule has 0 saturated heterocycles. The van der Waals surface area contributed by atoms with E-state index in [2.05, 4.69) is 39.8 Å². The molecule has 0 fully saturated rings. The monoisotopic (exact) mass is 393 g/mol. The van der Waals surface area contributed by atoms with Crippen LogP contribution in [0.25, 0.3) is 0 Å². The summed E-state index contributed by atoms with van der Waals surface area (Å²) in [5.74, 6) is 0. The van der Waals surface area contributed by atoms with Gasteiger partial charge in [-0.05, 0) is 70.7 Å². The molecule has 2 heteroatoms. The van der Waals surface area contributed by atoms with Gasteiger partial charge in [-0.15, -0.1) is 0 Å². The number of hydrogen-bond acceptors (Lipinski definition) is 2. The fourth-order valence-electron chi connectivity index (χ4n) is 4.81. The van der Waals surface area contributed by atoms with Gasteiger partial charge in [-0.3, -0.25) is 0 Å². The zero-order valence-corrected chi connectivity index (χ0v) is 20.0. The fraction of sp³-hybridized carbons (Fsp3) is 0.923. The van der Waals surface area contributed by atoms with Crippen LogP contribution in [0.4, 0.5) is 0 Å². The Labute approximate surface area is 177 Å². The minimum Gasteiger partial charge on any atom is -0.389 e. The average Bonchev–Trinajstić information content (AvgIpc) is 2.64. The third-order valence-electron chi connectivity index (χ3n) is 6.87. The summed E-state index contributed by atoms with van der Waals surface area (Å²) in [4.78, 5) is 2.29. The largest absolute Gasteiger partial charge is 0.389 e. The van der Waals surface area contributed by atoms with Gasteiger partial charge in [0.05, 0.1) is 6.10 Å². The van der Waals surface area contributed by atoms with Crippen molar-refractivity contribution >= 4 is 0 Å². The predicted octanol–water partition coefficient (Wildman–Crippen LogP) is 7.51. The van der Waals surface area contributed by atoms with E-state index in [4.69, 9.17) is 0 Å². The van der Waals surface area contributed by atoms with Crippen LogP contribution in [-0.4, -0.2) is 36.8 Å². The quantitative estimate of drug-likeness (QED) is 0.217. The maximum Gasteiger partial charge on any atom is 0.0750 e. The molecule has 0 aliphatic heterocycles. The molecule has 0 spiro atoms. The Morgan fingerprint density at radius 2 is 1.21 bits per heavy atom. The average molecular weight is 394 g/mol. The van der Waals surface area contributed by atoms with E-state index >= 15 is 0 Å². The number of aliphatic hydroxyl groups is 1. The molecular weight excluding hydrogens is 342 g/mol. The Balaban J connectivity index is 1.91. The molecule has 1 atom stereocenters. The second kappa shape index (κ2) is 14.6. The first kappa shape index (κ1) is 25.7. The van der Waals surface area contributed by atoms with Gasteiger partial charge < -0.3 is 10.0 Å². The van der Waals surface area contributed by atoms with Crippen LogP contribution in [0.1, 0.15) is 124 Å². The number of hydrogen-bond donors (Lipinski definition) is 1. The lowest BCUT2D eigenvalue weighted by atomic mass is 9.70. The summed E-state index contributed by atoms with van der Waals surface area (Å²) < 4.78 is 0. The minimum atomic E-state index is -0.180. The van der Waals surface area contributed by atoms with Crippen LogP contribution < -0.4 is 0 Å². The van der Waals surface area contributed by atoms with E-state index in [-0.39, 0.29) is 6.10 Å². The molecule has 2 nitrogen and oxygen atoms in total. The van der Waals surface area contributed by atoms with E-state index in [1.54, 1.807) is 5.57 Å². The van der Waals surface area contributed by atoms with Crippen molar-refractivity contribution in [3.05, 3.63) is 11.1 Å². The summed E-state index contributed by atoms with van der Waals surface area (Å²) in [6, 6.07) is 0. The Bertz CT molecular complexity index is 424. The molecule has 0 bridgehead atoms. The third-order valence-corrected chi connectivity index (χ3v) is 6.87. The molecule has 0 amide bonds. The molecule has 1 rings (SSSR count). The SMILES string of the molecule is CC1=C(CCCCCCCCCCCCCCCN(C)C)C(C)(C)CCC1O. The highest BCUT2D eigenvalue weighted by Gasteiger charge is 2.31. The molecular formula is C26H51NO. The Hall–Kier alpha value is -0.340. The Morgan fingerprint density at radius 1 is 0.786 bits per heavy atom. The van der Waals surface area contributed by atoms with Crippen LogP contribution in [0.2, 0.25) is 0 Å². The summed E-state index contributed by atoms with van der Waals surface area (Å²) in [5.41, 5.74) is 3.12. The summed E-state index contributed by atoms with van der Waals surface area (Å²) in [7, 11) is 4.34. The number of rotatable bonds is 16. The molecule has 0 heterocycles. The van der Waals surface area contributed by atoms with Crippen molar-refractivity contribution in [3.8, 4) is 0 Å². The van der Waals surface area contributed by atoms with Crippen molar-refractivity contribution in [1.29, 1.82) is 0 Å². The van der Waals surface area contributed by atoms with Gasteiger partial charge in [-0.1, -0.05) is 90.0 Å². The smallest absolute Gasteiger partial charge is 0.0750 e. The van der Waals surface area contributed by atoms with E-state index in [0.717, 1.165) is 12.8 Å². The van der Waals surface area contributed by atoms with E-state index in [1.807, 2.05) is 0 Å². The van der Waals surface area contributed by atoms with E-state index in [1.165, 1.54) is 102 Å². The molecule has 0 aromatic rings. The number of unbranched alkanes of at least 4 members (excludes halogenated alkanes) is 12. The van der Waals surface area contributed by atoms with Crippen LogP contribution in [0.5, 0.6) is 0 Å². The predicted molar refractivity (Wildman–Crippen MR) is 125 cm³/mol. The van der Waals surface area contributed by atoms with Gasteiger partial charge in [-0.25, -0.2) is 0 Å². The van der Waals surface area contributed by atoms with Crippen molar-refractivity contribution in [2.24, 2.45) is 5.41 Å². The lowest BCUT2D eigenvalue weighted by molar-refractivity contribution is 0.158. The highest BCUT2D eigenvalue weighted by molar-refractivity contribution is 5.25. The molecule has 28 heavy (non-hydrogen) atoms. The molecule has 0 aromatic carbocycles. The van der Waals surface area contributed by atoms with Crippen molar-refractivity contribution in [1.82, 2.24) is 4.90 Å². The van der Waals surface area contributed by atoms with E-state index in [0.29, 0.717) is 5.41 Å². The van der Waals surface area contributed by atoms with Crippen LogP contribution in [0, 0.1) is 5.41 Å². The normalized spacial score (nSPS) is 19.6. The minimum absolute atomic E-state index is 0.180. The van der Waals surface area contributed by atoms with Crippen molar-refractivity contribution in [2.45, 2.75) is 130 Å². The molecule has 0 radical (unpaired) electrons. The summed E-state index contributed by atoms with van der Waals surface area (Å²) >= 11 is 0. The van der Waals surface area contributed by atoms with E-state index in [9.17, 15) is 5.11 Å². The van der Waals surface area contributed by atoms with Gasteiger partial charge in [0.2, 0.25) is 0 Å². The zero-order chi connectivity index (χ0) is 20.8. The van der Waals surface area contributed by atoms with Gasteiger partial charge in [0.25, 0.3) is 0 Å². The summed E-state index contributed by atoms with van der Waals surface area (Å²) in [6.45, 7) is 8.13. The maximum absolute atomic E-state index is 10.2. The number of aliphatic hydroxyl groups excluding tert-OH is 1. The van der Waals surface area contributed by atoms with E-state index < -0.39 is 0 Å². The molecule has 0 aromatic heterocycles. The number of allylic oxidation sites excluding steroid dienone is 1. The van der Waals surface area contributed by atoms with Crippen LogP contribution in [0.15, 0.2) is 11.1 Å². The van der Waals surface area contributed by atoms with Crippen molar-refractivity contribution in [3.63, 3.8) is 0 Å². The molecule has 166 valence electrons. The van der Waals surface area contributed by atoms with Gasteiger partial charge in [0, 0.05) is 0 Å². The summed E-state index contributed by atoms with van der Waals surface area (Å²) in [6.07, 6.45) is 21.4. The second-order valence-corrected chi connectivity index (χ2v) is 10.2. The first-order chi connectivity index (χ1) is 13.3. The number of nitrogens with zero attached hydrogens (tertiary/aromatic N) is 1. The van der Waals surface area contributed by atoms with Gasteiger partial charge in [0.15, 0.2) is 0 Å². The lowest BCUT2D eigenvalue weighted by Crippen LogP contribution is -2.28. The molecule has 1 aliphatic carbocycles. The Morgan fingerprint density at radius 3 is 1.68 bits per heavy atom. The van der Waals surface area contributed by atoms with Crippen LogP contribution >= 0.6 is 0 Å². The van der Waals surface area contributed by atoms with Crippen molar-refractivity contribution < 1.29 is 5.11 Å². The lowest BCUT2D eigenvalue weighted by Gasteiger charge is -2.37. The Kier molecular flexibility index (Phi) is 13.4. The first-order valence-electron chi connectivity index (χ1n) is 12.4. The maximum atomic E-state index is 10.2. The van der Waals surface area contributed by atoms with Gasteiger partial charge in [-0.2, -0.15) is 0 Å². The molecule has 1 aliphatic rings. The summed E-state index contributed by atoms with van der Waals surface area (Å²) in [5, 5.41) is 10.2. The van der Waals surface area contributed by atoms with Crippen molar-refractivity contribution in [2.75, 3.05) is 20.6 Å². The second-order valence-electron chi connectivity index (χ2n) is 10.2. The highest BCUT2D eigenvalue weighted by Crippen LogP contribution is 2.42. The highest BCUT2D eigenvalue weighted by atomic mass is 16.3. The van der Waals surface area contributed by atoms with Crippen LogP contribution in [-0.2, 0) is 0 Å². The topological polar surface area (TPSA) is 23.5 Å². The third kappa shape index (κ3) is 11.0.